The van der Waals surface area contributed by atoms with E-state index in [0.717, 1.165) is 25.1 Å². The Morgan fingerprint density at radius 1 is 1.24 bits per heavy atom. The van der Waals surface area contributed by atoms with Crippen molar-refractivity contribution in [1.29, 1.82) is 0 Å². The maximum absolute atomic E-state index is 13.0. The first kappa shape index (κ1) is 16.3. The molecule has 2 rings (SSSR count). The van der Waals surface area contributed by atoms with Crippen molar-refractivity contribution in [3.8, 4) is 11.5 Å². The zero-order chi connectivity index (χ0) is 15.2. The smallest absolute Gasteiger partial charge is 0.141 e. The van der Waals surface area contributed by atoms with E-state index in [0.29, 0.717) is 21.0 Å². The first-order valence-corrected chi connectivity index (χ1v) is 7.89. The maximum Gasteiger partial charge on any atom is 0.141 e. The van der Waals surface area contributed by atoms with Crippen LogP contribution in [0.2, 0.25) is 5.02 Å². The molecule has 2 nitrogen and oxygen atoms in total. The summed E-state index contributed by atoms with van der Waals surface area (Å²) in [5.41, 5.74) is 1.02. The largest absolute Gasteiger partial charge is 0.456 e. The summed E-state index contributed by atoms with van der Waals surface area (Å²) in [6.07, 6.45) is 1.08. The van der Waals surface area contributed by atoms with E-state index in [1.165, 1.54) is 12.1 Å². The van der Waals surface area contributed by atoms with Gasteiger partial charge in [-0.3, -0.25) is 0 Å². The Bertz CT molecular complexity index is 621. The minimum atomic E-state index is -0.315. The Hall–Kier alpha value is -1.10. The van der Waals surface area contributed by atoms with Crippen molar-refractivity contribution in [3.63, 3.8) is 0 Å². The highest BCUT2D eigenvalue weighted by atomic mass is 79.9. The summed E-state index contributed by atoms with van der Waals surface area (Å²) in [5, 5.41) is 3.95. The molecule has 0 saturated carbocycles. The molecule has 2 aromatic rings. The van der Waals surface area contributed by atoms with Crippen LogP contribution >= 0.6 is 27.5 Å². The van der Waals surface area contributed by atoms with Gasteiger partial charge in [-0.25, -0.2) is 4.39 Å². The fourth-order valence-corrected chi connectivity index (χ4v) is 2.49. The van der Waals surface area contributed by atoms with E-state index in [-0.39, 0.29) is 5.82 Å². The second-order valence-electron chi connectivity index (χ2n) is 4.61. The molecule has 0 fully saturated rings. The van der Waals surface area contributed by atoms with Crippen LogP contribution < -0.4 is 10.1 Å². The van der Waals surface area contributed by atoms with E-state index >= 15 is 0 Å². The SMILES string of the molecule is CCCNCc1ccc(Oc2ccc(F)cc2Br)cc1Cl. The van der Waals surface area contributed by atoms with Gasteiger partial charge in [0, 0.05) is 11.6 Å². The predicted octanol–water partition coefficient (Wildman–Crippen LogP) is 5.53. The van der Waals surface area contributed by atoms with E-state index in [1.807, 2.05) is 12.1 Å². The number of hydrogen-bond acceptors (Lipinski definition) is 2. The van der Waals surface area contributed by atoms with Crippen LogP contribution in [0.5, 0.6) is 11.5 Å². The lowest BCUT2D eigenvalue weighted by molar-refractivity contribution is 0.477. The molecule has 0 unspecified atom stereocenters. The highest BCUT2D eigenvalue weighted by molar-refractivity contribution is 9.10. The second kappa shape index (κ2) is 7.78. The zero-order valence-corrected chi connectivity index (χ0v) is 14.0. The van der Waals surface area contributed by atoms with Crippen LogP contribution in [-0.4, -0.2) is 6.54 Å². The van der Waals surface area contributed by atoms with Gasteiger partial charge in [-0.05, 0) is 64.8 Å². The minimum Gasteiger partial charge on any atom is -0.456 e. The molecule has 2 aromatic carbocycles. The lowest BCUT2D eigenvalue weighted by Crippen LogP contribution is -2.13. The van der Waals surface area contributed by atoms with Gasteiger partial charge in [-0.1, -0.05) is 24.6 Å². The third-order valence-corrected chi connectivity index (χ3v) is 3.86. The number of ether oxygens (including phenoxy) is 1. The van der Waals surface area contributed by atoms with Gasteiger partial charge in [0.1, 0.15) is 17.3 Å². The second-order valence-corrected chi connectivity index (χ2v) is 5.87. The maximum atomic E-state index is 13.0. The molecule has 0 heterocycles. The van der Waals surface area contributed by atoms with Crippen molar-refractivity contribution in [1.82, 2.24) is 5.32 Å². The van der Waals surface area contributed by atoms with Gasteiger partial charge in [-0.2, -0.15) is 0 Å². The standard InChI is InChI=1S/C16H16BrClFNO/c1-2-7-20-10-11-3-5-13(9-15(11)18)21-16-6-4-12(19)8-14(16)17/h3-6,8-9,20H,2,7,10H2,1H3. The normalized spacial score (nSPS) is 10.7. The highest BCUT2D eigenvalue weighted by Gasteiger charge is 2.07. The average Bonchev–Trinajstić information content (AvgIpc) is 2.44. The van der Waals surface area contributed by atoms with Crippen LogP contribution in [0.25, 0.3) is 0 Å². The summed E-state index contributed by atoms with van der Waals surface area (Å²) in [4.78, 5) is 0. The highest BCUT2D eigenvalue weighted by Crippen LogP contribution is 2.32. The van der Waals surface area contributed by atoms with Gasteiger partial charge in [0.05, 0.1) is 4.47 Å². The molecule has 0 aliphatic carbocycles. The Balaban J connectivity index is 2.09. The van der Waals surface area contributed by atoms with Crippen molar-refractivity contribution in [2.75, 3.05) is 6.54 Å². The Morgan fingerprint density at radius 3 is 2.71 bits per heavy atom. The molecule has 0 radical (unpaired) electrons. The molecule has 1 N–H and O–H groups in total. The fraction of sp³-hybridized carbons (Fsp3) is 0.250. The van der Waals surface area contributed by atoms with Crippen molar-refractivity contribution >= 4 is 27.5 Å². The number of halogens is 3. The first-order chi connectivity index (χ1) is 10.1. The molecule has 5 heteroatoms. The predicted molar refractivity (Wildman–Crippen MR) is 87.6 cm³/mol. The molecular weight excluding hydrogens is 357 g/mol. The lowest BCUT2D eigenvalue weighted by atomic mass is 10.2. The molecule has 0 saturated heterocycles. The van der Waals surface area contributed by atoms with E-state index in [4.69, 9.17) is 16.3 Å². The van der Waals surface area contributed by atoms with Gasteiger partial charge in [0.2, 0.25) is 0 Å². The molecule has 0 bridgehead atoms. The topological polar surface area (TPSA) is 21.3 Å². The Labute approximate surface area is 137 Å². The van der Waals surface area contributed by atoms with E-state index < -0.39 is 0 Å². The number of hydrogen-bond donors (Lipinski definition) is 1. The number of nitrogens with one attached hydrogen (secondary N) is 1. The molecule has 0 atom stereocenters. The van der Waals surface area contributed by atoms with Crippen molar-refractivity contribution in [3.05, 3.63) is 57.3 Å². The van der Waals surface area contributed by atoms with Crippen LogP contribution in [0.4, 0.5) is 4.39 Å². The molecule has 0 spiro atoms. The summed E-state index contributed by atoms with van der Waals surface area (Å²) in [6.45, 7) is 3.80. The van der Waals surface area contributed by atoms with Gasteiger partial charge >= 0.3 is 0 Å². The Morgan fingerprint density at radius 2 is 2.05 bits per heavy atom. The molecule has 0 aliphatic heterocycles. The Kier molecular flexibility index (Phi) is 6.03. The van der Waals surface area contributed by atoms with Crippen LogP contribution in [0.3, 0.4) is 0 Å². The fourth-order valence-electron chi connectivity index (χ4n) is 1.82. The van der Waals surface area contributed by atoms with Gasteiger partial charge < -0.3 is 10.1 Å². The first-order valence-electron chi connectivity index (χ1n) is 6.72. The average molecular weight is 373 g/mol. The summed E-state index contributed by atoms with van der Waals surface area (Å²) in [5.74, 6) is 0.848. The van der Waals surface area contributed by atoms with Gasteiger partial charge in [-0.15, -0.1) is 0 Å². The van der Waals surface area contributed by atoms with Crippen LogP contribution in [-0.2, 0) is 6.54 Å². The third-order valence-electron chi connectivity index (χ3n) is 2.89. The summed E-state index contributed by atoms with van der Waals surface area (Å²) in [6, 6.07) is 9.83. The van der Waals surface area contributed by atoms with Crippen LogP contribution in [0.15, 0.2) is 40.9 Å². The van der Waals surface area contributed by atoms with E-state index in [2.05, 4.69) is 28.2 Å². The number of rotatable bonds is 6. The summed E-state index contributed by atoms with van der Waals surface area (Å²) < 4.78 is 19.3. The quantitative estimate of drug-likeness (QED) is 0.673. The van der Waals surface area contributed by atoms with Gasteiger partial charge in [0.15, 0.2) is 0 Å². The van der Waals surface area contributed by atoms with Gasteiger partial charge in [0.25, 0.3) is 0 Å². The molecular formula is C16H16BrClFNO. The van der Waals surface area contributed by atoms with Crippen LogP contribution in [0, 0.1) is 5.82 Å². The third kappa shape index (κ3) is 4.70. The molecule has 0 aliphatic rings. The minimum absolute atomic E-state index is 0.315. The molecule has 21 heavy (non-hydrogen) atoms. The molecule has 0 amide bonds. The van der Waals surface area contributed by atoms with Crippen molar-refractivity contribution in [2.45, 2.75) is 19.9 Å². The van der Waals surface area contributed by atoms with Crippen molar-refractivity contribution < 1.29 is 9.13 Å². The lowest BCUT2D eigenvalue weighted by Gasteiger charge is -2.10. The van der Waals surface area contributed by atoms with E-state index in [9.17, 15) is 4.39 Å². The van der Waals surface area contributed by atoms with Crippen LogP contribution in [0.1, 0.15) is 18.9 Å². The number of benzene rings is 2. The van der Waals surface area contributed by atoms with Crippen molar-refractivity contribution in [2.24, 2.45) is 0 Å². The summed E-state index contributed by atoms with van der Waals surface area (Å²) >= 11 is 9.52. The van der Waals surface area contributed by atoms with E-state index in [1.54, 1.807) is 12.1 Å². The zero-order valence-electron chi connectivity index (χ0n) is 11.6. The molecule has 112 valence electrons. The monoisotopic (exact) mass is 371 g/mol. The molecule has 0 aromatic heterocycles. The summed E-state index contributed by atoms with van der Waals surface area (Å²) in [7, 11) is 0.